The number of hydrogen-bond acceptors (Lipinski definition) is 5. The standard InChI is InChI=1S/C26H21FN4O2S/c1-16-22(25-29-24(30-33-25)18-9-6-10-21(15-18)32-2)23(17-7-4-3-5-8-17)28-26(34)31(16)20-13-11-19(27)12-14-20/h3-15,23H,1-2H3,(H,28,34). The molecule has 2 heterocycles. The third kappa shape index (κ3) is 4.04. The summed E-state index contributed by atoms with van der Waals surface area (Å²) in [5.74, 6) is 1.20. The van der Waals surface area contributed by atoms with E-state index in [1.807, 2.05) is 66.4 Å². The van der Waals surface area contributed by atoms with Crippen molar-refractivity contribution in [2.75, 3.05) is 12.0 Å². The number of ether oxygens (including phenoxy) is 1. The summed E-state index contributed by atoms with van der Waals surface area (Å²) in [7, 11) is 1.61. The summed E-state index contributed by atoms with van der Waals surface area (Å²) in [5, 5.41) is 8.12. The zero-order valence-corrected chi connectivity index (χ0v) is 19.3. The Labute approximate surface area is 201 Å². The molecule has 0 amide bonds. The molecule has 8 heteroatoms. The molecule has 0 aliphatic carbocycles. The number of methoxy groups -OCH3 is 1. The van der Waals surface area contributed by atoms with Gasteiger partial charge in [0.05, 0.1) is 18.7 Å². The van der Waals surface area contributed by atoms with E-state index in [9.17, 15) is 4.39 Å². The predicted molar refractivity (Wildman–Crippen MR) is 133 cm³/mol. The Bertz CT molecular complexity index is 1370. The van der Waals surface area contributed by atoms with E-state index in [-0.39, 0.29) is 11.9 Å². The van der Waals surface area contributed by atoms with Gasteiger partial charge in [0.2, 0.25) is 5.82 Å². The Hall–Kier alpha value is -4.04. The lowest BCUT2D eigenvalue weighted by Gasteiger charge is -2.37. The Morgan fingerprint density at radius 1 is 1.03 bits per heavy atom. The summed E-state index contributed by atoms with van der Waals surface area (Å²) < 4.78 is 24.7. The van der Waals surface area contributed by atoms with Crippen molar-refractivity contribution in [3.05, 3.63) is 102 Å². The van der Waals surface area contributed by atoms with Gasteiger partial charge < -0.3 is 14.6 Å². The number of halogens is 1. The second-order valence-corrected chi connectivity index (χ2v) is 8.15. The van der Waals surface area contributed by atoms with Gasteiger partial charge in [-0.15, -0.1) is 0 Å². The van der Waals surface area contributed by atoms with Crippen molar-refractivity contribution in [2.24, 2.45) is 0 Å². The second-order valence-electron chi connectivity index (χ2n) is 7.76. The van der Waals surface area contributed by atoms with Gasteiger partial charge in [0.1, 0.15) is 11.6 Å². The summed E-state index contributed by atoms with van der Waals surface area (Å²) in [5.41, 5.74) is 4.10. The van der Waals surface area contributed by atoms with Gasteiger partial charge in [0.15, 0.2) is 5.11 Å². The van der Waals surface area contributed by atoms with Crippen molar-refractivity contribution >= 4 is 28.6 Å². The highest BCUT2D eigenvalue weighted by atomic mass is 32.1. The molecule has 0 saturated heterocycles. The van der Waals surface area contributed by atoms with E-state index in [0.29, 0.717) is 22.6 Å². The minimum atomic E-state index is -0.316. The molecule has 0 spiro atoms. The fourth-order valence-electron chi connectivity index (χ4n) is 4.03. The number of rotatable bonds is 5. The van der Waals surface area contributed by atoms with Gasteiger partial charge >= 0.3 is 0 Å². The average Bonchev–Trinajstić information content (AvgIpc) is 3.35. The van der Waals surface area contributed by atoms with E-state index in [1.165, 1.54) is 12.1 Å². The van der Waals surface area contributed by atoms with Gasteiger partial charge in [-0.25, -0.2) is 4.39 Å². The maximum atomic E-state index is 13.6. The van der Waals surface area contributed by atoms with Gasteiger partial charge in [-0.05, 0) is 61.1 Å². The van der Waals surface area contributed by atoms with Crippen LogP contribution in [-0.4, -0.2) is 22.4 Å². The Morgan fingerprint density at radius 3 is 2.53 bits per heavy atom. The Kier molecular flexibility index (Phi) is 5.81. The van der Waals surface area contributed by atoms with Crippen molar-refractivity contribution in [1.29, 1.82) is 0 Å². The largest absolute Gasteiger partial charge is 0.497 e. The number of thiocarbonyl (C=S) groups is 1. The van der Waals surface area contributed by atoms with E-state index >= 15 is 0 Å². The summed E-state index contributed by atoms with van der Waals surface area (Å²) in [4.78, 5) is 6.56. The summed E-state index contributed by atoms with van der Waals surface area (Å²) in [6, 6.07) is 23.3. The number of anilines is 1. The minimum Gasteiger partial charge on any atom is -0.497 e. The lowest BCUT2D eigenvalue weighted by Crippen LogP contribution is -2.46. The molecule has 1 unspecified atom stereocenters. The Morgan fingerprint density at radius 2 is 1.79 bits per heavy atom. The minimum absolute atomic E-state index is 0.302. The van der Waals surface area contributed by atoms with Crippen LogP contribution in [0.2, 0.25) is 0 Å². The zero-order valence-electron chi connectivity index (χ0n) is 18.5. The summed E-state index contributed by atoms with van der Waals surface area (Å²) in [6.45, 7) is 1.94. The van der Waals surface area contributed by atoms with Crippen LogP contribution in [0.5, 0.6) is 5.75 Å². The zero-order chi connectivity index (χ0) is 23.7. The van der Waals surface area contributed by atoms with Crippen LogP contribution in [0.1, 0.15) is 24.4 Å². The molecular weight excluding hydrogens is 451 g/mol. The van der Waals surface area contributed by atoms with Gasteiger partial charge in [-0.3, -0.25) is 4.90 Å². The van der Waals surface area contributed by atoms with Crippen LogP contribution < -0.4 is 15.0 Å². The molecule has 6 nitrogen and oxygen atoms in total. The molecule has 1 atom stereocenters. The van der Waals surface area contributed by atoms with E-state index in [4.69, 9.17) is 26.5 Å². The molecule has 1 aliphatic rings. The molecule has 3 aromatic carbocycles. The normalized spacial score (nSPS) is 15.9. The molecule has 1 aliphatic heterocycles. The quantitative estimate of drug-likeness (QED) is 0.371. The third-order valence-corrected chi connectivity index (χ3v) is 5.99. The first-order valence-corrected chi connectivity index (χ1v) is 11.1. The van der Waals surface area contributed by atoms with E-state index < -0.39 is 0 Å². The number of nitrogens with one attached hydrogen (secondary N) is 1. The van der Waals surface area contributed by atoms with Crippen molar-refractivity contribution in [3.8, 4) is 17.1 Å². The number of aromatic nitrogens is 2. The van der Waals surface area contributed by atoms with Crippen molar-refractivity contribution in [1.82, 2.24) is 15.5 Å². The SMILES string of the molecule is COc1cccc(-c2noc(C3=C(C)N(c4ccc(F)cc4)C(=S)NC3c3ccccc3)n2)c1. The maximum absolute atomic E-state index is 13.6. The van der Waals surface area contributed by atoms with Crippen molar-refractivity contribution in [2.45, 2.75) is 13.0 Å². The van der Waals surface area contributed by atoms with Crippen LogP contribution in [0.4, 0.5) is 10.1 Å². The first-order chi connectivity index (χ1) is 16.5. The fourth-order valence-corrected chi connectivity index (χ4v) is 4.39. The highest BCUT2D eigenvalue weighted by Crippen LogP contribution is 2.39. The molecule has 1 N–H and O–H groups in total. The van der Waals surface area contributed by atoms with Crippen LogP contribution in [0.3, 0.4) is 0 Å². The molecule has 0 fully saturated rings. The lowest BCUT2D eigenvalue weighted by molar-refractivity contribution is 0.403. The van der Waals surface area contributed by atoms with Crippen LogP contribution in [0.15, 0.2) is 89.1 Å². The number of hydrogen-bond donors (Lipinski definition) is 1. The summed E-state index contributed by atoms with van der Waals surface area (Å²) >= 11 is 5.71. The maximum Gasteiger partial charge on any atom is 0.258 e. The lowest BCUT2D eigenvalue weighted by atomic mass is 9.94. The molecule has 0 radical (unpaired) electrons. The van der Waals surface area contributed by atoms with Gasteiger partial charge in [0.25, 0.3) is 5.89 Å². The van der Waals surface area contributed by atoms with Crippen LogP contribution in [-0.2, 0) is 0 Å². The first kappa shape index (κ1) is 21.8. The van der Waals surface area contributed by atoms with Crippen molar-refractivity contribution < 1.29 is 13.7 Å². The van der Waals surface area contributed by atoms with E-state index in [1.54, 1.807) is 19.2 Å². The molecule has 4 aromatic rings. The molecule has 0 saturated carbocycles. The Balaban J connectivity index is 1.64. The second kappa shape index (κ2) is 9.07. The van der Waals surface area contributed by atoms with Gasteiger partial charge in [-0.2, -0.15) is 4.98 Å². The molecule has 5 rings (SSSR count). The van der Waals surface area contributed by atoms with E-state index in [2.05, 4.69) is 10.5 Å². The monoisotopic (exact) mass is 472 g/mol. The molecule has 0 bridgehead atoms. The number of allylic oxidation sites excluding steroid dienone is 1. The van der Waals surface area contributed by atoms with Crippen molar-refractivity contribution in [3.63, 3.8) is 0 Å². The number of benzene rings is 3. The molecule has 170 valence electrons. The number of nitrogens with zero attached hydrogens (tertiary/aromatic N) is 3. The van der Waals surface area contributed by atoms with Crippen LogP contribution >= 0.6 is 12.2 Å². The van der Waals surface area contributed by atoms with Gasteiger partial charge in [-0.1, -0.05) is 47.6 Å². The van der Waals surface area contributed by atoms with E-state index in [0.717, 1.165) is 28.1 Å². The molecule has 34 heavy (non-hydrogen) atoms. The molecule has 1 aromatic heterocycles. The first-order valence-electron chi connectivity index (χ1n) is 10.7. The summed E-state index contributed by atoms with van der Waals surface area (Å²) in [6.07, 6.45) is 0. The highest BCUT2D eigenvalue weighted by Gasteiger charge is 2.34. The smallest absolute Gasteiger partial charge is 0.258 e. The highest BCUT2D eigenvalue weighted by molar-refractivity contribution is 7.80. The van der Waals surface area contributed by atoms with Gasteiger partial charge in [0, 0.05) is 16.9 Å². The van der Waals surface area contributed by atoms with Crippen LogP contribution in [0.25, 0.3) is 17.0 Å². The fraction of sp³-hybridized carbons (Fsp3) is 0.115. The third-order valence-electron chi connectivity index (χ3n) is 5.69. The predicted octanol–water partition coefficient (Wildman–Crippen LogP) is 5.75. The molecular formula is C26H21FN4O2S. The topological polar surface area (TPSA) is 63.4 Å². The van der Waals surface area contributed by atoms with Crippen LogP contribution in [0, 0.1) is 5.82 Å². The average molecular weight is 473 g/mol.